The molecule has 0 radical (unpaired) electrons. The van der Waals surface area contributed by atoms with Crippen LogP contribution in [0.2, 0.25) is 0 Å². The predicted molar refractivity (Wildman–Crippen MR) is 84.8 cm³/mol. The third kappa shape index (κ3) is 4.35. The molecule has 0 fully saturated rings. The highest BCUT2D eigenvalue weighted by Gasteiger charge is 2.04. The molecule has 0 amide bonds. The minimum Gasteiger partial charge on any atom is -0.369 e. The van der Waals surface area contributed by atoms with Gasteiger partial charge in [0.25, 0.3) is 0 Å². The van der Waals surface area contributed by atoms with E-state index >= 15 is 0 Å². The first-order chi connectivity index (χ1) is 9.65. The zero-order valence-electron chi connectivity index (χ0n) is 12.5. The Balaban J connectivity index is 2.00. The summed E-state index contributed by atoms with van der Waals surface area (Å²) in [4.78, 5) is 6.92. The highest BCUT2D eigenvalue weighted by molar-refractivity contribution is 5.45. The predicted octanol–water partition coefficient (Wildman–Crippen LogP) is 3.22. The average Bonchev–Trinajstić information content (AvgIpc) is 2.46. The van der Waals surface area contributed by atoms with E-state index in [1.54, 1.807) is 0 Å². The van der Waals surface area contributed by atoms with Gasteiger partial charge in [-0.3, -0.25) is 4.98 Å². The van der Waals surface area contributed by atoms with Gasteiger partial charge >= 0.3 is 0 Å². The van der Waals surface area contributed by atoms with Crippen LogP contribution in [0.1, 0.15) is 25.2 Å². The van der Waals surface area contributed by atoms with Gasteiger partial charge < -0.3 is 10.2 Å². The Morgan fingerprint density at radius 3 is 2.40 bits per heavy atom. The Morgan fingerprint density at radius 1 is 1.00 bits per heavy atom. The monoisotopic (exact) mass is 269 g/mol. The quantitative estimate of drug-likeness (QED) is 0.872. The molecule has 0 spiro atoms. The molecule has 0 saturated heterocycles. The first kappa shape index (κ1) is 14.5. The van der Waals surface area contributed by atoms with E-state index in [2.05, 4.69) is 73.6 Å². The van der Waals surface area contributed by atoms with E-state index in [-0.39, 0.29) is 0 Å². The number of anilines is 1. The van der Waals surface area contributed by atoms with Crippen LogP contribution in [0.25, 0.3) is 0 Å². The van der Waals surface area contributed by atoms with Gasteiger partial charge in [0.2, 0.25) is 0 Å². The van der Waals surface area contributed by atoms with Crippen LogP contribution in [0.15, 0.2) is 48.5 Å². The van der Waals surface area contributed by atoms with E-state index in [4.69, 9.17) is 4.98 Å². The van der Waals surface area contributed by atoms with Crippen LogP contribution in [0.3, 0.4) is 0 Å². The second kappa shape index (κ2) is 7.06. The van der Waals surface area contributed by atoms with Crippen molar-refractivity contribution in [3.63, 3.8) is 0 Å². The minimum atomic E-state index is 0.479. The van der Waals surface area contributed by atoms with Gasteiger partial charge in [-0.1, -0.05) is 38.1 Å². The standard InChI is InChI=1S/C17H23N3/c1-14(2)18-12-15-8-7-9-16(19-15)13-20(3)17-10-5-4-6-11-17/h4-11,14,18H,12-13H2,1-3H3. The van der Waals surface area contributed by atoms with Crippen LogP contribution >= 0.6 is 0 Å². The maximum absolute atomic E-state index is 4.71. The highest BCUT2D eigenvalue weighted by atomic mass is 15.1. The number of benzene rings is 1. The lowest BCUT2D eigenvalue weighted by Crippen LogP contribution is -2.23. The summed E-state index contributed by atoms with van der Waals surface area (Å²) in [6.45, 7) is 5.93. The fraction of sp³-hybridized carbons (Fsp3) is 0.353. The molecule has 3 heteroatoms. The summed E-state index contributed by atoms with van der Waals surface area (Å²) >= 11 is 0. The summed E-state index contributed by atoms with van der Waals surface area (Å²) in [5.41, 5.74) is 3.40. The third-order valence-electron chi connectivity index (χ3n) is 3.15. The van der Waals surface area contributed by atoms with Gasteiger partial charge in [0.05, 0.1) is 17.9 Å². The molecule has 2 rings (SSSR count). The number of nitrogens with zero attached hydrogens (tertiary/aromatic N) is 2. The van der Waals surface area contributed by atoms with Crippen LogP contribution in [0, 0.1) is 0 Å². The summed E-state index contributed by atoms with van der Waals surface area (Å²) in [7, 11) is 2.09. The molecule has 0 bridgehead atoms. The fourth-order valence-corrected chi connectivity index (χ4v) is 2.04. The molecule has 20 heavy (non-hydrogen) atoms. The van der Waals surface area contributed by atoms with E-state index in [1.807, 2.05) is 6.07 Å². The molecule has 1 aromatic heterocycles. The Kier molecular flexibility index (Phi) is 5.13. The number of pyridine rings is 1. The molecule has 3 nitrogen and oxygen atoms in total. The fourth-order valence-electron chi connectivity index (χ4n) is 2.04. The Morgan fingerprint density at radius 2 is 1.70 bits per heavy atom. The topological polar surface area (TPSA) is 28.2 Å². The number of nitrogens with one attached hydrogen (secondary N) is 1. The van der Waals surface area contributed by atoms with Crippen molar-refractivity contribution in [1.82, 2.24) is 10.3 Å². The van der Waals surface area contributed by atoms with E-state index in [0.717, 1.165) is 24.5 Å². The van der Waals surface area contributed by atoms with Crippen molar-refractivity contribution >= 4 is 5.69 Å². The zero-order chi connectivity index (χ0) is 14.4. The summed E-state index contributed by atoms with van der Waals surface area (Å²) in [5, 5.41) is 3.40. The zero-order valence-corrected chi connectivity index (χ0v) is 12.5. The Labute approximate surface area is 121 Å². The summed E-state index contributed by atoms with van der Waals surface area (Å²) in [6.07, 6.45) is 0. The van der Waals surface area contributed by atoms with E-state index < -0.39 is 0 Å². The van der Waals surface area contributed by atoms with Gasteiger partial charge in [-0.15, -0.1) is 0 Å². The van der Waals surface area contributed by atoms with Crippen molar-refractivity contribution < 1.29 is 0 Å². The summed E-state index contributed by atoms with van der Waals surface area (Å²) in [6, 6.07) is 17.1. The number of hydrogen-bond acceptors (Lipinski definition) is 3. The molecule has 1 heterocycles. The van der Waals surface area contributed by atoms with Gasteiger partial charge in [-0.05, 0) is 24.3 Å². The number of hydrogen-bond donors (Lipinski definition) is 1. The van der Waals surface area contributed by atoms with Crippen LogP contribution in [0.5, 0.6) is 0 Å². The van der Waals surface area contributed by atoms with Gasteiger partial charge in [-0.2, -0.15) is 0 Å². The van der Waals surface area contributed by atoms with Crippen molar-refractivity contribution in [1.29, 1.82) is 0 Å². The molecule has 0 aliphatic heterocycles. The van der Waals surface area contributed by atoms with Crippen molar-refractivity contribution in [2.75, 3.05) is 11.9 Å². The molecule has 106 valence electrons. The summed E-state index contributed by atoms with van der Waals surface area (Å²) in [5.74, 6) is 0. The van der Waals surface area contributed by atoms with E-state index in [1.165, 1.54) is 5.69 Å². The lowest BCUT2D eigenvalue weighted by Gasteiger charge is -2.19. The number of aromatic nitrogens is 1. The SMILES string of the molecule is CC(C)NCc1cccc(CN(C)c2ccccc2)n1. The maximum atomic E-state index is 4.71. The van der Waals surface area contributed by atoms with Gasteiger partial charge in [0, 0.05) is 25.3 Å². The molecule has 1 N–H and O–H groups in total. The van der Waals surface area contributed by atoms with Gasteiger partial charge in [0.15, 0.2) is 0 Å². The lowest BCUT2D eigenvalue weighted by atomic mass is 10.2. The minimum absolute atomic E-state index is 0.479. The molecule has 0 saturated carbocycles. The van der Waals surface area contributed by atoms with Gasteiger partial charge in [0.1, 0.15) is 0 Å². The van der Waals surface area contributed by atoms with Crippen molar-refractivity contribution in [3.8, 4) is 0 Å². The molecule has 0 atom stereocenters. The number of para-hydroxylation sites is 1. The van der Waals surface area contributed by atoms with Crippen LogP contribution in [0.4, 0.5) is 5.69 Å². The molecule has 0 aliphatic rings. The second-order valence-electron chi connectivity index (χ2n) is 5.35. The van der Waals surface area contributed by atoms with Crippen molar-refractivity contribution in [2.45, 2.75) is 33.0 Å². The highest BCUT2D eigenvalue weighted by Crippen LogP contribution is 2.13. The Hall–Kier alpha value is -1.87. The second-order valence-corrected chi connectivity index (χ2v) is 5.35. The first-order valence-corrected chi connectivity index (χ1v) is 7.09. The van der Waals surface area contributed by atoms with Crippen LogP contribution in [-0.2, 0) is 13.1 Å². The van der Waals surface area contributed by atoms with E-state index in [9.17, 15) is 0 Å². The van der Waals surface area contributed by atoms with Crippen LogP contribution < -0.4 is 10.2 Å². The molecular formula is C17H23N3. The van der Waals surface area contributed by atoms with Crippen molar-refractivity contribution in [3.05, 3.63) is 59.9 Å². The molecular weight excluding hydrogens is 246 g/mol. The molecule has 1 aromatic carbocycles. The van der Waals surface area contributed by atoms with Crippen LogP contribution in [-0.4, -0.2) is 18.1 Å². The largest absolute Gasteiger partial charge is 0.369 e. The molecule has 2 aromatic rings. The lowest BCUT2D eigenvalue weighted by molar-refractivity contribution is 0.580. The number of rotatable bonds is 6. The van der Waals surface area contributed by atoms with Crippen molar-refractivity contribution in [2.24, 2.45) is 0 Å². The molecule has 0 aliphatic carbocycles. The molecule has 0 unspecified atom stereocenters. The summed E-state index contributed by atoms with van der Waals surface area (Å²) < 4.78 is 0. The smallest absolute Gasteiger partial charge is 0.0600 e. The maximum Gasteiger partial charge on any atom is 0.0600 e. The first-order valence-electron chi connectivity index (χ1n) is 7.09. The van der Waals surface area contributed by atoms with E-state index in [0.29, 0.717) is 6.04 Å². The normalized spacial score (nSPS) is 10.8. The van der Waals surface area contributed by atoms with Gasteiger partial charge in [-0.25, -0.2) is 0 Å². The average molecular weight is 269 g/mol. The Bertz CT molecular complexity index is 523. The third-order valence-corrected chi connectivity index (χ3v) is 3.15.